The molecule has 0 aliphatic carbocycles. The molecule has 0 bridgehead atoms. The van der Waals surface area contributed by atoms with Gasteiger partial charge >= 0.3 is 0 Å². The molecule has 3 rings (SSSR count). The van der Waals surface area contributed by atoms with Crippen LogP contribution in [-0.2, 0) is 9.53 Å². The number of piperidine rings is 1. The van der Waals surface area contributed by atoms with Gasteiger partial charge in [-0.1, -0.05) is 11.6 Å². The molecule has 1 aromatic carbocycles. The average molecular weight is 355 g/mol. The van der Waals surface area contributed by atoms with Crippen molar-refractivity contribution in [3.63, 3.8) is 0 Å². The van der Waals surface area contributed by atoms with Crippen LogP contribution >= 0.6 is 11.6 Å². The lowest BCUT2D eigenvalue weighted by Gasteiger charge is -2.40. The van der Waals surface area contributed by atoms with Crippen molar-refractivity contribution in [1.82, 2.24) is 9.80 Å². The number of carbonyl (C=O) groups is 2. The van der Waals surface area contributed by atoms with Gasteiger partial charge in [0.05, 0.1) is 29.2 Å². The maximum absolute atomic E-state index is 13.1. The molecule has 0 unspecified atom stereocenters. The number of nitrogens with zero attached hydrogens (tertiary/aromatic N) is 2. The summed E-state index contributed by atoms with van der Waals surface area (Å²) in [6.07, 6.45) is 1.57. The molecule has 0 saturated carbocycles. The van der Waals surface area contributed by atoms with Gasteiger partial charge in [-0.3, -0.25) is 9.59 Å². The van der Waals surface area contributed by atoms with E-state index in [1.807, 2.05) is 0 Å². The number of rotatable bonds is 1. The van der Waals surface area contributed by atoms with Crippen molar-refractivity contribution in [2.45, 2.75) is 24.9 Å². The first-order valence-electron chi connectivity index (χ1n) is 8.02. The molecular formula is C17H20ClFN2O3. The van der Waals surface area contributed by atoms with Crippen molar-refractivity contribution in [2.24, 2.45) is 0 Å². The molecule has 2 fully saturated rings. The highest BCUT2D eigenvalue weighted by Crippen LogP contribution is 2.33. The van der Waals surface area contributed by atoms with Crippen molar-refractivity contribution in [2.75, 3.05) is 33.3 Å². The van der Waals surface area contributed by atoms with E-state index in [1.54, 1.807) is 16.8 Å². The summed E-state index contributed by atoms with van der Waals surface area (Å²) in [4.78, 5) is 28.1. The van der Waals surface area contributed by atoms with E-state index < -0.39 is 11.4 Å². The molecule has 0 atom stereocenters. The summed E-state index contributed by atoms with van der Waals surface area (Å²) < 4.78 is 19.1. The molecule has 2 amide bonds. The van der Waals surface area contributed by atoms with Gasteiger partial charge in [0.2, 0.25) is 5.91 Å². The molecule has 0 N–H and O–H groups in total. The predicted molar refractivity (Wildman–Crippen MR) is 87.5 cm³/mol. The van der Waals surface area contributed by atoms with Crippen LogP contribution in [0.25, 0.3) is 0 Å². The Labute approximate surface area is 145 Å². The predicted octanol–water partition coefficient (Wildman–Crippen LogP) is 2.33. The van der Waals surface area contributed by atoms with Crippen LogP contribution < -0.4 is 0 Å². The highest BCUT2D eigenvalue weighted by atomic mass is 35.5. The van der Waals surface area contributed by atoms with Gasteiger partial charge in [0.25, 0.3) is 5.91 Å². The highest BCUT2D eigenvalue weighted by Gasteiger charge is 2.41. The molecular weight excluding hydrogens is 335 g/mol. The molecule has 7 heteroatoms. The van der Waals surface area contributed by atoms with E-state index in [0.29, 0.717) is 51.1 Å². The van der Waals surface area contributed by atoms with Gasteiger partial charge in [-0.2, -0.15) is 0 Å². The van der Waals surface area contributed by atoms with Gasteiger partial charge in [0, 0.05) is 26.7 Å². The summed E-state index contributed by atoms with van der Waals surface area (Å²) in [5, 5.41) is 0.114. The Bertz CT molecular complexity index is 659. The molecule has 2 aliphatic rings. The van der Waals surface area contributed by atoms with Crippen molar-refractivity contribution < 1.29 is 18.7 Å². The molecule has 0 aromatic heterocycles. The second kappa shape index (κ2) is 6.69. The highest BCUT2D eigenvalue weighted by molar-refractivity contribution is 6.33. The summed E-state index contributed by atoms with van der Waals surface area (Å²) in [6, 6.07) is 3.78. The zero-order chi connectivity index (χ0) is 17.3. The van der Waals surface area contributed by atoms with Crippen LogP contribution in [0.4, 0.5) is 4.39 Å². The van der Waals surface area contributed by atoms with E-state index in [-0.39, 0.29) is 16.8 Å². The third-order valence-corrected chi connectivity index (χ3v) is 5.17. The maximum Gasteiger partial charge on any atom is 0.255 e. The smallest absolute Gasteiger partial charge is 0.255 e. The van der Waals surface area contributed by atoms with Crippen LogP contribution in [-0.4, -0.2) is 60.5 Å². The molecule has 2 saturated heterocycles. The van der Waals surface area contributed by atoms with Gasteiger partial charge in [-0.05, 0) is 31.0 Å². The first kappa shape index (κ1) is 17.2. The number of benzene rings is 1. The Morgan fingerprint density at radius 2 is 2.00 bits per heavy atom. The summed E-state index contributed by atoms with van der Waals surface area (Å²) in [7, 11) is 1.78. The van der Waals surface area contributed by atoms with Crippen LogP contribution in [0.5, 0.6) is 0 Å². The van der Waals surface area contributed by atoms with Crippen LogP contribution in [0.2, 0.25) is 5.02 Å². The van der Waals surface area contributed by atoms with Crippen molar-refractivity contribution in [1.29, 1.82) is 0 Å². The number of likely N-dealkylation sites (N-methyl/N-ethyl adjacent to an activating group) is 1. The van der Waals surface area contributed by atoms with Crippen molar-refractivity contribution in [3.05, 3.63) is 34.6 Å². The summed E-state index contributed by atoms with van der Waals surface area (Å²) in [5.41, 5.74) is -0.183. The fourth-order valence-corrected chi connectivity index (χ4v) is 3.51. The van der Waals surface area contributed by atoms with Crippen LogP contribution in [0.15, 0.2) is 18.2 Å². The van der Waals surface area contributed by atoms with Crippen molar-refractivity contribution >= 4 is 23.4 Å². The second-order valence-corrected chi connectivity index (χ2v) is 6.85. The molecule has 1 aromatic rings. The molecule has 2 heterocycles. The Balaban J connectivity index is 1.68. The van der Waals surface area contributed by atoms with E-state index in [2.05, 4.69) is 0 Å². The Hall–Kier alpha value is -1.66. The third-order valence-electron chi connectivity index (χ3n) is 4.86. The maximum atomic E-state index is 13.1. The van der Waals surface area contributed by atoms with E-state index in [9.17, 15) is 14.0 Å². The number of halogens is 2. The Morgan fingerprint density at radius 1 is 1.29 bits per heavy atom. The first-order chi connectivity index (χ1) is 11.4. The number of likely N-dealkylation sites (tertiary alicyclic amines) is 1. The topological polar surface area (TPSA) is 49.9 Å². The first-order valence-corrected chi connectivity index (χ1v) is 8.40. The van der Waals surface area contributed by atoms with Gasteiger partial charge in [-0.25, -0.2) is 4.39 Å². The van der Waals surface area contributed by atoms with Gasteiger partial charge in [-0.15, -0.1) is 0 Å². The van der Waals surface area contributed by atoms with E-state index in [1.165, 1.54) is 12.1 Å². The lowest BCUT2D eigenvalue weighted by atomic mass is 9.87. The number of hydrogen-bond acceptors (Lipinski definition) is 3. The minimum atomic E-state index is -0.481. The average Bonchev–Trinajstić information content (AvgIpc) is 2.67. The molecule has 24 heavy (non-hydrogen) atoms. The fraction of sp³-hybridized carbons (Fsp3) is 0.529. The second-order valence-electron chi connectivity index (χ2n) is 6.44. The van der Waals surface area contributed by atoms with Crippen LogP contribution in [0.3, 0.4) is 0 Å². The lowest BCUT2D eigenvalue weighted by Crippen LogP contribution is -2.49. The van der Waals surface area contributed by atoms with Gasteiger partial charge < -0.3 is 14.5 Å². The minimum absolute atomic E-state index is 0.0776. The quantitative estimate of drug-likeness (QED) is 0.777. The number of ether oxygens (including phenoxy) is 1. The standard InChI is InChI=1S/C17H20ClFN2O3/c1-20-8-9-24-17(11-15(20)22)4-6-21(7-5-17)16(23)13-3-2-12(19)10-14(13)18/h2-3,10H,4-9,11H2,1H3. The minimum Gasteiger partial charge on any atom is -0.372 e. The van der Waals surface area contributed by atoms with Crippen LogP contribution in [0, 0.1) is 5.82 Å². The Morgan fingerprint density at radius 3 is 2.67 bits per heavy atom. The fourth-order valence-electron chi connectivity index (χ4n) is 3.26. The number of hydrogen-bond donors (Lipinski definition) is 0. The molecule has 1 spiro atoms. The molecule has 130 valence electrons. The van der Waals surface area contributed by atoms with Crippen LogP contribution in [0.1, 0.15) is 29.6 Å². The van der Waals surface area contributed by atoms with E-state index in [4.69, 9.17) is 16.3 Å². The summed E-state index contributed by atoms with van der Waals surface area (Å²) in [6.45, 7) is 2.08. The molecule has 2 aliphatic heterocycles. The molecule has 5 nitrogen and oxygen atoms in total. The number of amides is 2. The zero-order valence-corrected chi connectivity index (χ0v) is 14.3. The largest absolute Gasteiger partial charge is 0.372 e. The van der Waals surface area contributed by atoms with E-state index in [0.717, 1.165) is 6.07 Å². The zero-order valence-electron chi connectivity index (χ0n) is 13.6. The van der Waals surface area contributed by atoms with Gasteiger partial charge in [0.15, 0.2) is 0 Å². The monoisotopic (exact) mass is 354 g/mol. The van der Waals surface area contributed by atoms with Gasteiger partial charge in [0.1, 0.15) is 5.82 Å². The van der Waals surface area contributed by atoms with E-state index >= 15 is 0 Å². The molecule has 0 radical (unpaired) electrons. The van der Waals surface area contributed by atoms with Crippen molar-refractivity contribution in [3.8, 4) is 0 Å². The summed E-state index contributed by atoms with van der Waals surface area (Å²) >= 11 is 5.98. The lowest BCUT2D eigenvalue weighted by molar-refractivity contribution is -0.134. The summed E-state index contributed by atoms with van der Waals surface area (Å²) in [5.74, 6) is -0.607. The number of carbonyl (C=O) groups excluding carboxylic acids is 2. The normalized spacial score (nSPS) is 21.0. The Kier molecular flexibility index (Phi) is 4.78. The third kappa shape index (κ3) is 3.39. The SMILES string of the molecule is CN1CCOC2(CCN(C(=O)c3ccc(F)cc3Cl)CC2)CC1=O.